The van der Waals surface area contributed by atoms with Crippen molar-refractivity contribution in [3.05, 3.63) is 0 Å². The number of carbonyl (C=O) groups is 2. The van der Waals surface area contributed by atoms with Crippen LogP contribution in [0.2, 0.25) is 0 Å². The number of methoxy groups -OCH3 is 1. The zero-order chi connectivity index (χ0) is 15.1. The molecule has 19 heavy (non-hydrogen) atoms. The lowest BCUT2D eigenvalue weighted by Gasteiger charge is -2.25. The molecule has 1 amide bonds. The number of hydrogen-bond acceptors (Lipinski definition) is 5. The van der Waals surface area contributed by atoms with Crippen LogP contribution in [0.3, 0.4) is 0 Å². The van der Waals surface area contributed by atoms with Crippen molar-refractivity contribution in [2.24, 2.45) is 0 Å². The SMILES string of the molecule is CCN(CC(=O)NC)S(=O)(=O)N(C)CCC(=O)OC. The number of carbonyl (C=O) groups excluding carboxylic acids is 2. The average Bonchev–Trinajstić information content (AvgIpc) is 2.40. The highest BCUT2D eigenvalue weighted by Gasteiger charge is 2.27. The third-order valence-corrected chi connectivity index (χ3v) is 4.54. The molecule has 0 aliphatic rings. The summed E-state index contributed by atoms with van der Waals surface area (Å²) in [5.41, 5.74) is 0. The van der Waals surface area contributed by atoms with E-state index in [0.29, 0.717) is 0 Å². The molecule has 0 radical (unpaired) electrons. The van der Waals surface area contributed by atoms with Crippen LogP contribution in [0.1, 0.15) is 13.3 Å². The molecule has 0 aliphatic heterocycles. The van der Waals surface area contributed by atoms with E-state index < -0.39 is 22.1 Å². The predicted octanol–water partition coefficient (Wildman–Crippen LogP) is -1.21. The van der Waals surface area contributed by atoms with Gasteiger partial charge in [0.15, 0.2) is 0 Å². The summed E-state index contributed by atoms with van der Waals surface area (Å²) in [4.78, 5) is 22.2. The number of hydrogen-bond donors (Lipinski definition) is 1. The number of ether oxygens (including phenoxy) is 1. The number of likely N-dealkylation sites (N-methyl/N-ethyl adjacent to an activating group) is 2. The number of nitrogens with zero attached hydrogens (tertiary/aromatic N) is 2. The molecular weight excluding hydrogens is 274 g/mol. The second-order valence-electron chi connectivity index (χ2n) is 3.75. The Morgan fingerprint density at radius 3 is 2.32 bits per heavy atom. The zero-order valence-electron chi connectivity index (χ0n) is 11.7. The molecule has 0 rings (SSSR count). The van der Waals surface area contributed by atoms with Crippen LogP contribution in [0.4, 0.5) is 0 Å². The summed E-state index contributed by atoms with van der Waals surface area (Å²) in [5.74, 6) is -0.886. The molecule has 0 heterocycles. The van der Waals surface area contributed by atoms with Gasteiger partial charge in [-0.2, -0.15) is 17.0 Å². The fraction of sp³-hybridized carbons (Fsp3) is 0.800. The first kappa shape index (κ1) is 17.8. The average molecular weight is 295 g/mol. The topological polar surface area (TPSA) is 96.0 Å². The van der Waals surface area contributed by atoms with E-state index in [4.69, 9.17) is 0 Å². The molecule has 0 bridgehead atoms. The van der Waals surface area contributed by atoms with Crippen LogP contribution in [0, 0.1) is 0 Å². The number of nitrogens with one attached hydrogen (secondary N) is 1. The van der Waals surface area contributed by atoms with E-state index in [1.165, 1.54) is 21.2 Å². The molecule has 0 saturated carbocycles. The summed E-state index contributed by atoms with van der Waals surface area (Å²) >= 11 is 0. The Labute approximate surface area is 113 Å². The van der Waals surface area contributed by atoms with Crippen LogP contribution in [-0.4, -0.2) is 69.7 Å². The van der Waals surface area contributed by atoms with Crippen LogP contribution in [0.15, 0.2) is 0 Å². The van der Waals surface area contributed by atoms with Gasteiger partial charge in [-0.05, 0) is 0 Å². The van der Waals surface area contributed by atoms with Gasteiger partial charge in [0.1, 0.15) is 0 Å². The van der Waals surface area contributed by atoms with E-state index in [-0.39, 0.29) is 26.1 Å². The number of amides is 1. The predicted molar refractivity (Wildman–Crippen MR) is 69.5 cm³/mol. The van der Waals surface area contributed by atoms with Gasteiger partial charge in [0.25, 0.3) is 10.2 Å². The van der Waals surface area contributed by atoms with Gasteiger partial charge in [0.05, 0.1) is 20.1 Å². The minimum atomic E-state index is -3.76. The van der Waals surface area contributed by atoms with Crippen molar-refractivity contribution in [1.82, 2.24) is 13.9 Å². The smallest absolute Gasteiger partial charge is 0.306 e. The first-order valence-electron chi connectivity index (χ1n) is 5.78. The maximum atomic E-state index is 12.1. The summed E-state index contributed by atoms with van der Waals surface area (Å²) in [7, 11) is 0.261. The summed E-state index contributed by atoms with van der Waals surface area (Å²) in [6, 6.07) is 0. The van der Waals surface area contributed by atoms with Crippen molar-refractivity contribution in [3.63, 3.8) is 0 Å². The Kier molecular flexibility index (Phi) is 7.57. The first-order valence-corrected chi connectivity index (χ1v) is 7.18. The van der Waals surface area contributed by atoms with Crippen LogP contribution in [0.25, 0.3) is 0 Å². The Morgan fingerprint density at radius 1 is 1.32 bits per heavy atom. The molecule has 0 aliphatic carbocycles. The lowest BCUT2D eigenvalue weighted by Crippen LogP contribution is -2.46. The zero-order valence-corrected chi connectivity index (χ0v) is 12.5. The van der Waals surface area contributed by atoms with Crippen molar-refractivity contribution in [1.29, 1.82) is 0 Å². The second-order valence-corrected chi connectivity index (χ2v) is 5.79. The fourth-order valence-corrected chi connectivity index (χ4v) is 2.58. The quantitative estimate of drug-likeness (QED) is 0.567. The van der Waals surface area contributed by atoms with E-state index in [1.54, 1.807) is 6.92 Å². The minimum Gasteiger partial charge on any atom is -0.469 e. The monoisotopic (exact) mass is 295 g/mol. The molecule has 0 fully saturated rings. The molecule has 0 atom stereocenters. The number of esters is 1. The third-order valence-electron chi connectivity index (χ3n) is 2.53. The number of rotatable bonds is 8. The Balaban J connectivity index is 4.71. The van der Waals surface area contributed by atoms with Crippen molar-refractivity contribution in [2.75, 3.05) is 40.8 Å². The van der Waals surface area contributed by atoms with Gasteiger partial charge >= 0.3 is 5.97 Å². The molecular formula is C10H21N3O5S. The van der Waals surface area contributed by atoms with Crippen LogP contribution in [-0.2, 0) is 24.5 Å². The molecule has 0 aromatic rings. The Hall–Kier alpha value is -1.19. The third kappa shape index (κ3) is 5.53. The fourth-order valence-electron chi connectivity index (χ4n) is 1.26. The van der Waals surface area contributed by atoms with E-state index in [2.05, 4.69) is 10.1 Å². The molecule has 0 aromatic carbocycles. The molecule has 0 unspecified atom stereocenters. The summed E-state index contributed by atoms with van der Waals surface area (Å²) < 4.78 is 30.8. The van der Waals surface area contributed by atoms with Gasteiger partial charge in [0.2, 0.25) is 5.91 Å². The maximum absolute atomic E-state index is 12.1. The molecule has 8 nitrogen and oxygen atoms in total. The summed E-state index contributed by atoms with van der Waals surface area (Å²) in [6.45, 7) is 1.55. The second kappa shape index (κ2) is 8.08. The standard InChI is InChI=1S/C10H21N3O5S/c1-5-13(8-9(14)11-2)19(16,17)12(3)7-6-10(15)18-4/h5-8H2,1-4H3,(H,11,14). The van der Waals surface area contributed by atoms with Crippen molar-refractivity contribution < 1.29 is 22.7 Å². The van der Waals surface area contributed by atoms with Crippen LogP contribution < -0.4 is 5.32 Å². The van der Waals surface area contributed by atoms with Gasteiger partial charge < -0.3 is 10.1 Å². The van der Waals surface area contributed by atoms with E-state index in [9.17, 15) is 18.0 Å². The summed E-state index contributed by atoms with van der Waals surface area (Å²) in [6.07, 6.45) is -0.0379. The molecule has 9 heteroatoms. The van der Waals surface area contributed by atoms with Crippen molar-refractivity contribution >= 4 is 22.1 Å². The lowest BCUT2D eigenvalue weighted by molar-refractivity contribution is -0.140. The van der Waals surface area contributed by atoms with Gasteiger partial charge in [-0.25, -0.2) is 0 Å². The highest BCUT2D eigenvalue weighted by molar-refractivity contribution is 7.86. The van der Waals surface area contributed by atoms with E-state index >= 15 is 0 Å². The van der Waals surface area contributed by atoms with E-state index in [0.717, 1.165) is 8.61 Å². The van der Waals surface area contributed by atoms with Gasteiger partial charge in [-0.3, -0.25) is 9.59 Å². The maximum Gasteiger partial charge on any atom is 0.306 e. The highest BCUT2D eigenvalue weighted by Crippen LogP contribution is 2.06. The molecule has 112 valence electrons. The van der Waals surface area contributed by atoms with Gasteiger partial charge in [-0.1, -0.05) is 6.92 Å². The molecule has 1 N–H and O–H groups in total. The van der Waals surface area contributed by atoms with Gasteiger partial charge in [-0.15, -0.1) is 0 Å². The highest BCUT2D eigenvalue weighted by atomic mass is 32.2. The van der Waals surface area contributed by atoms with Gasteiger partial charge in [0, 0.05) is 27.2 Å². The van der Waals surface area contributed by atoms with Crippen molar-refractivity contribution in [2.45, 2.75) is 13.3 Å². The minimum absolute atomic E-state index is 0.000743. The Bertz CT molecular complexity index is 409. The van der Waals surface area contributed by atoms with E-state index in [1.807, 2.05) is 0 Å². The van der Waals surface area contributed by atoms with Crippen LogP contribution >= 0.6 is 0 Å². The van der Waals surface area contributed by atoms with Crippen LogP contribution in [0.5, 0.6) is 0 Å². The Morgan fingerprint density at radius 2 is 1.89 bits per heavy atom. The molecule has 0 aromatic heterocycles. The molecule has 0 saturated heterocycles. The normalized spacial score (nSPS) is 11.7. The summed E-state index contributed by atoms with van der Waals surface area (Å²) in [5, 5.41) is 2.36. The largest absolute Gasteiger partial charge is 0.469 e. The lowest BCUT2D eigenvalue weighted by atomic mass is 10.4. The van der Waals surface area contributed by atoms with Crippen molar-refractivity contribution in [3.8, 4) is 0 Å². The first-order chi connectivity index (χ1) is 8.79. The molecule has 0 spiro atoms.